The largest absolute Gasteiger partial charge is 0.444 e. The lowest BCUT2D eigenvalue weighted by molar-refractivity contribution is 0.0511. The van der Waals surface area contributed by atoms with Crippen molar-refractivity contribution in [3.63, 3.8) is 0 Å². The summed E-state index contributed by atoms with van der Waals surface area (Å²) in [5, 5.41) is 2.95. The SMILES string of the molecule is CC(C)(C)OC(=O)NCC1CCC2CCCCC21. The summed E-state index contributed by atoms with van der Waals surface area (Å²) >= 11 is 0. The normalized spacial score (nSPS) is 31.8. The minimum atomic E-state index is -0.396. The smallest absolute Gasteiger partial charge is 0.407 e. The zero-order chi connectivity index (χ0) is 13.2. The fourth-order valence-electron chi connectivity index (χ4n) is 3.64. The molecule has 3 atom stereocenters. The van der Waals surface area contributed by atoms with E-state index in [0.717, 1.165) is 18.4 Å². The number of carbonyl (C=O) groups is 1. The van der Waals surface area contributed by atoms with Gasteiger partial charge in [-0.2, -0.15) is 0 Å². The van der Waals surface area contributed by atoms with Crippen LogP contribution in [0.15, 0.2) is 0 Å². The molecule has 2 saturated carbocycles. The van der Waals surface area contributed by atoms with Gasteiger partial charge in [-0.3, -0.25) is 0 Å². The molecule has 0 heterocycles. The molecule has 2 aliphatic rings. The third kappa shape index (κ3) is 3.63. The summed E-state index contributed by atoms with van der Waals surface area (Å²) in [6, 6.07) is 0. The maximum Gasteiger partial charge on any atom is 0.407 e. The average Bonchev–Trinajstić information content (AvgIpc) is 2.67. The van der Waals surface area contributed by atoms with Crippen LogP contribution in [0.5, 0.6) is 0 Å². The van der Waals surface area contributed by atoms with Gasteiger partial charge in [-0.15, -0.1) is 0 Å². The predicted molar refractivity (Wildman–Crippen MR) is 72.4 cm³/mol. The summed E-state index contributed by atoms with van der Waals surface area (Å²) in [7, 11) is 0. The van der Waals surface area contributed by atoms with Gasteiger partial charge in [0.1, 0.15) is 5.60 Å². The van der Waals surface area contributed by atoms with Gasteiger partial charge in [0.25, 0.3) is 0 Å². The molecule has 3 heteroatoms. The van der Waals surface area contributed by atoms with Crippen molar-refractivity contribution in [2.45, 2.75) is 64.9 Å². The van der Waals surface area contributed by atoms with Crippen molar-refractivity contribution >= 4 is 6.09 Å². The van der Waals surface area contributed by atoms with Crippen LogP contribution in [-0.2, 0) is 4.74 Å². The highest BCUT2D eigenvalue weighted by atomic mass is 16.6. The van der Waals surface area contributed by atoms with E-state index in [4.69, 9.17) is 4.74 Å². The zero-order valence-electron chi connectivity index (χ0n) is 12.0. The van der Waals surface area contributed by atoms with Gasteiger partial charge in [0.2, 0.25) is 0 Å². The Balaban J connectivity index is 1.75. The van der Waals surface area contributed by atoms with Crippen molar-refractivity contribution in [2.24, 2.45) is 17.8 Å². The number of alkyl carbamates (subject to hydrolysis) is 1. The molecule has 0 radical (unpaired) electrons. The quantitative estimate of drug-likeness (QED) is 0.814. The third-order valence-electron chi connectivity index (χ3n) is 4.39. The van der Waals surface area contributed by atoms with Crippen LogP contribution >= 0.6 is 0 Å². The molecular formula is C15H27NO2. The van der Waals surface area contributed by atoms with Crippen molar-refractivity contribution in [1.29, 1.82) is 0 Å². The summed E-state index contributed by atoms with van der Waals surface area (Å²) in [6.45, 7) is 6.51. The van der Waals surface area contributed by atoms with Crippen molar-refractivity contribution in [3.8, 4) is 0 Å². The Morgan fingerprint density at radius 1 is 1.17 bits per heavy atom. The number of hydrogen-bond donors (Lipinski definition) is 1. The highest BCUT2D eigenvalue weighted by molar-refractivity contribution is 5.67. The molecule has 0 bridgehead atoms. The lowest BCUT2D eigenvalue weighted by atomic mass is 9.78. The second kappa shape index (κ2) is 5.50. The van der Waals surface area contributed by atoms with Crippen molar-refractivity contribution in [3.05, 3.63) is 0 Å². The van der Waals surface area contributed by atoms with Gasteiger partial charge >= 0.3 is 6.09 Å². The molecule has 18 heavy (non-hydrogen) atoms. The van der Waals surface area contributed by atoms with Gasteiger partial charge in [-0.05, 0) is 57.8 Å². The molecule has 1 N–H and O–H groups in total. The van der Waals surface area contributed by atoms with Crippen molar-refractivity contribution in [1.82, 2.24) is 5.32 Å². The molecule has 0 aromatic rings. The van der Waals surface area contributed by atoms with E-state index in [-0.39, 0.29) is 6.09 Å². The van der Waals surface area contributed by atoms with E-state index in [1.807, 2.05) is 20.8 Å². The first-order valence-corrected chi connectivity index (χ1v) is 7.42. The van der Waals surface area contributed by atoms with Gasteiger partial charge < -0.3 is 10.1 Å². The summed E-state index contributed by atoms with van der Waals surface area (Å²) in [5.41, 5.74) is -0.396. The molecule has 104 valence electrons. The molecule has 2 rings (SSSR count). The molecule has 0 spiro atoms. The Hall–Kier alpha value is -0.730. The Morgan fingerprint density at radius 3 is 2.61 bits per heavy atom. The lowest BCUT2D eigenvalue weighted by Crippen LogP contribution is -2.36. The average molecular weight is 253 g/mol. The Labute approximate surface area is 111 Å². The zero-order valence-corrected chi connectivity index (χ0v) is 12.0. The maximum absolute atomic E-state index is 11.6. The molecule has 2 aliphatic carbocycles. The Kier molecular flexibility index (Phi) is 4.18. The number of hydrogen-bond acceptors (Lipinski definition) is 2. The van der Waals surface area contributed by atoms with E-state index in [1.54, 1.807) is 0 Å². The second-order valence-corrected chi connectivity index (χ2v) is 6.93. The van der Waals surface area contributed by atoms with Crippen LogP contribution < -0.4 is 5.32 Å². The lowest BCUT2D eigenvalue weighted by Gasteiger charge is -2.29. The van der Waals surface area contributed by atoms with E-state index in [0.29, 0.717) is 5.92 Å². The number of nitrogens with one attached hydrogen (secondary N) is 1. The fourth-order valence-corrected chi connectivity index (χ4v) is 3.64. The van der Waals surface area contributed by atoms with E-state index in [1.165, 1.54) is 38.5 Å². The second-order valence-electron chi connectivity index (χ2n) is 6.93. The number of carbonyl (C=O) groups excluding carboxylic acids is 1. The van der Waals surface area contributed by atoms with Gasteiger partial charge in [0, 0.05) is 6.54 Å². The van der Waals surface area contributed by atoms with E-state index in [2.05, 4.69) is 5.32 Å². The topological polar surface area (TPSA) is 38.3 Å². The minimum Gasteiger partial charge on any atom is -0.444 e. The van der Waals surface area contributed by atoms with Gasteiger partial charge in [0.05, 0.1) is 0 Å². The Bertz CT molecular complexity index is 295. The first-order valence-electron chi connectivity index (χ1n) is 7.42. The van der Waals surface area contributed by atoms with E-state index < -0.39 is 5.60 Å². The molecule has 1 amide bonds. The molecule has 3 unspecified atom stereocenters. The summed E-state index contributed by atoms with van der Waals surface area (Å²) < 4.78 is 5.28. The molecule has 0 aromatic carbocycles. The standard InChI is InChI=1S/C15H27NO2/c1-15(2,3)18-14(17)16-10-12-9-8-11-6-4-5-7-13(11)12/h11-13H,4-10H2,1-3H3,(H,16,17). The highest BCUT2D eigenvalue weighted by Crippen LogP contribution is 2.45. The molecule has 0 saturated heterocycles. The predicted octanol–water partition coefficient (Wildman–Crippen LogP) is 3.73. The van der Waals surface area contributed by atoms with E-state index >= 15 is 0 Å². The summed E-state index contributed by atoms with van der Waals surface area (Å²) in [6.07, 6.45) is 7.95. The molecule has 0 aliphatic heterocycles. The highest BCUT2D eigenvalue weighted by Gasteiger charge is 2.37. The van der Waals surface area contributed by atoms with Crippen molar-refractivity contribution < 1.29 is 9.53 Å². The van der Waals surface area contributed by atoms with Crippen LogP contribution in [0.2, 0.25) is 0 Å². The van der Waals surface area contributed by atoms with Crippen molar-refractivity contribution in [2.75, 3.05) is 6.54 Å². The third-order valence-corrected chi connectivity index (χ3v) is 4.39. The van der Waals surface area contributed by atoms with Crippen LogP contribution in [0.4, 0.5) is 4.79 Å². The Morgan fingerprint density at radius 2 is 1.89 bits per heavy atom. The first-order chi connectivity index (χ1) is 8.46. The van der Waals surface area contributed by atoms with Gasteiger partial charge in [0.15, 0.2) is 0 Å². The number of amides is 1. The summed E-state index contributed by atoms with van der Waals surface area (Å²) in [5.74, 6) is 2.47. The van der Waals surface area contributed by atoms with Crippen LogP contribution in [0, 0.1) is 17.8 Å². The number of rotatable bonds is 2. The fraction of sp³-hybridized carbons (Fsp3) is 0.933. The van der Waals surface area contributed by atoms with Gasteiger partial charge in [-0.25, -0.2) is 4.79 Å². The number of ether oxygens (including phenoxy) is 1. The maximum atomic E-state index is 11.6. The number of fused-ring (bicyclic) bond motifs is 1. The molecule has 3 nitrogen and oxygen atoms in total. The van der Waals surface area contributed by atoms with Crippen LogP contribution in [0.3, 0.4) is 0 Å². The summed E-state index contributed by atoms with van der Waals surface area (Å²) in [4.78, 5) is 11.6. The molecule has 0 aromatic heterocycles. The minimum absolute atomic E-state index is 0.262. The van der Waals surface area contributed by atoms with Crippen LogP contribution in [-0.4, -0.2) is 18.2 Å². The molecular weight excluding hydrogens is 226 g/mol. The molecule has 2 fully saturated rings. The first kappa shape index (κ1) is 13.7. The van der Waals surface area contributed by atoms with Crippen LogP contribution in [0.25, 0.3) is 0 Å². The van der Waals surface area contributed by atoms with E-state index in [9.17, 15) is 4.79 Å². The van der Waals surface area contributed by atoms with Crippen LogP contribution in [0.1, 0.15) is 59.3 Å². The van der Waals surface area contributed by atoms with Gasteiger partial charge in [-0.1, -0.05) is 19.3 Å². The monoisotopic (exact) mass is 253 g/mol.